The van der Waals surface area contributed by atoms with Crippen molar-refractivity contribution in [3.05, 3.63) is 24.3 Å². The number of carbonyl (C=O) groups excluding carboxylic acids is 1. The fraction of sp³-hybridized carbons (Fsp3) is 0.467. The molecule has 1 amide bonds. The van der Waals surface area contributed by atoms with Crippen molar-refractivity contribution in [2.45, 2.75) is 12.8 Å². The minimum Gasteiger partial charge on any atom is -0.360 e. The number of aromatic nitrogens is 1. The van der Waals surface area contributed by atoms with Crippen LogP contribution in [0.4, 0.5) is 5.13 Å². The topological polar surface area (TPSA) is 88.2 Å². The lowest BCUT2D eigenvalue weighted by Crippen LogP contribution is -2.30. The van der Waals surface area contributed by atoms with E-state index in [4.69, 9.17) is 0 Å². The van der Waals surface area contributed by atoms with Crippen LogP contribution in [0.15, 0.2) is 24.3 Å². The van der Waals surface area contributed by atoms with E-state index in [9.17, 15) is 13.2 Å². The molecule has 0 unspecified atom stereocenters. The summed E-state index contributed by atoms with van der Waals surface area (Å²) in [6.45, 7) is 1.09. The first-order valence-electron chi connectivity index (χ1n) is 7.58. The van der Waals surface area contributed by atoms with Crippen LogP contribution in [0.2, 0.25) is 0 Å². The van der Waals surface area contributed by atoms with E-state index >= 15 is 0 Å². The normalized spacial score (nSPS) is 19.7. The summed E-state index contributed by atoms with van der Waals surface area (Å²) >= 11 is 1.58. The molecule has 2 N–H and O–H groups in total. The Hall–Kier alpha value is -1.67. The minimum absolute atomic E-state index is 0.0304. The Morgan fingerprint density at radius 2 is 2.13 bits per heavy atom. The first kappa shape index (κ1) is 16.2. The molecule has 3 rings (SSSR count). The lowest BCUT2D eigenvalue weighted by molar-refractivity contribution is -0.121. The Morgan fingerprint density at radius 3 is 2.87 bits per heavy atom. The van der Waals surface area contributed by atoms with Gasteiger partial charge in [0, 0.05) is 19.5 Å². The minimum atomic E-state index is -2.91. The van der Waals surface area contributed by atoms with Crippen LogP contribution in [0.3, 0.4) is 0 Å². The van der Waals surface area contributed by atoms with Gasteiger partial charge in [0.05, 0.1) is 21.7 Å². The predicted octanol–water partition coefficient (Wildman–Crippen LogP) is 1.65. The highest BCUT2D eigenvalue weighted by atomic mass is 32.2. The van der Waals surface area contributed by atoms with E-state index in [0.717, 1.165) is 15.3 Å². The molecule has 0 saturated carbocycles. The van der Waals surface area contributed by atoms with Gasteiger partial charge >= 0.3 is 0 Å². The van der Waals surface area contributed by atoms with Crippen LogP contribution in [0, 0.1) is 5.92 Å². The van der Waals surface area contributed by atoms with Crippen LogP contribution < -0.4 is 10.6 Å². The second-order valence-corrected chi connectivity index (χ2v) is 9.00. The number of thiazole rings is 1. The molecule has 1 aromatic carbocycles. The van der Waals surface area contributed by atoms with E-state index in [1.54, 1.807) is 11.3 Å². The van der Waals surface area contributed by atoms with Crippen molar-refractivity contribution in [2.75, 3.05) is 29.9 Å². The summed E-state index contributed by atoms with van der Waals surface area (Å²) in [6.07, 6.45) is 0.889. The molecule has 8 heteroatoms. The van der Waals surface area contributed by atoms with Gasteiger partial charge in [0.1, 0.15) is 0 Å². The average molecular weight is 353 g/mol. The highest BCUT2D eigenvalue weighted by Gasteiger charge is 2.29. The molecule has 1 saturated heterocycles. The van der Waals surface area contributed by atoms with Gasteiger partial charge in [-0.1, -0.05) is 23.5 Å². The largest absolute Gasteiger partial charge is 0.360 e. The van der Waals surface area contributed by atoms with Gasteiger partial charge in [0.2, 0.25) is 5.91 Å². The highest BCUT2D eigenvalue weighted by Crippen LogP contribution is 2.25. The molecule has 23 heavy (non-hydrogen) atoms. The number of anilines is 1. The molecule has 2 heterocycles. The van der Waals surface area contributed by atoms with E-state index < -0.39 is 9.84 Å². The SMILES string of the molecule is O=C(C[C@H]1CCS(=O)(=O)C1)NCCNc1nc2ccccc2s1. The van der Waals surface area contributed by atoms with Crippen molar-refractivity contribution in [2.24, 2.45) is 5.92 Å². The number of benzene rings is 1. The van der Waals surface area contributed by atoms with Gasteiger partial charge in [-0.2, -0.15) is 0 Å². The first-order chi connectivity index (χ1) is 11.0. The molecule has 124 valence electrons. The monoisotopic (exact) mass is 353 g/mol. The molecule has 1 fully saturated rings. The Kier molecular flexibility index (Phi) is 4.82. The Balaban J connectivity index is 1.38. The maximum Gasteiger partial charge on any atom is 0.220 e. The van der Waals surface area contributed by atoms with Crippen molar-refractivity contribution in [1.82, 2.24) is 10.3 Å². The van der Waals surface area contributed by atoms with Crippen molar-refractivity contribution < 1.29 is 13.2 Å². The Morgan fingerprint density at radius 1 is 1.30 bits per heavy atom. The lowest BCUT2D eigenvalue weighted by atomic mass is 10.1. The zero-order valence-corrected chi connectivity index (χ0v) is 14.3. The second kappa shape index (κ2) is 6.84. The fourth-order valence-electron chi connectivity index (χ4n) is 2.69. The van der Waals surface area contributed by atoms with Crippen molar-refractivity contribution in [1.29, 1.82) is 0 Å². The van der Waals surface area contributed by atoms with Crippen LogP contribution in [-0.4, -0.2) is 43.9 Å². The van der Waals surface area contributed by atoms with E-state index in [1.807, 2.05) is 24.3 Å². The Labute approximate surface area is 139 Å². The first-order valence-corrected chi connectivity index (χ1v) is 10.2. The van der Waals surface area contributed by atoms with Gasteiger partial charge in [-0.15, -0.1) is 0 Å². The molecular formula is C15H19N3O3S2. The summed E-state index contributed by atoms with van der Waals surface area (Å²) < 4.78 is 23.9. The lowest BCUT2D eigenvalue weighted by Gasteiger charge is -2.09. The summed E-state index contributed by atoms with van der Waals surface area (Å²) in [5.74, 6) is 0.240. The molecule has 0 spiro atoms. The summed E-state index contributed by atoms with van der Waals surface area (Å²) in [7, 11) is -2.91. The second-order valence-electron chi connectivity index (χ2n) is 5.74. The number of rotatable bonds is 6. The third-order valence-corrected chi connectivity index (χ3v) is 6.65. The molecule has 2 aromatic rings. The van der Waals surface area contributed by atoms with E-state index in [2.05, 4.69) is 15.6 Å². The van der Waals surface area contributed by atoms with Crippen molar-refractivity contribution >= 4 is 42.4 Å². The number of nitrogens with one attached hydrogen (secondary N) is 2. The van der Waals surface area contributed by atoms with E-state index in [1.165, 1.54) is 0 Å². The van der Waals surface area contributed by atoms with Gasteiger partial charge in [-0.3, -0.25) is 4.79 Å². The summed E-state index contributed by atoms with van der Waals surface area (Å²) in [5.41, 5.74) is 0.964. The molecule has 1 aromatic heterocycles. The van der Waals surface area contributed by atoms with Crippen LogP contribution >= 0.6 is 11.3 Å². The Bertz CT molecular complexity index is 768. The molecule has 0 aliphatic carbocycles. The number of hydrogen-bond acceptors (Lipinski definition) is 6. The van der Waals surface area contributed by atoms with Crippen LogP contribution in [0.5, 0.6) is 0 Å². The molecule has 6 nitrogen and oxygen atoms in total. The number of para-hydroxylation sites is 1. The average Bonchev–Trinajstić information content (AvgIpc) is 3.06. The number of amides is 1. The number of nitrogens with zero attached hydrogens (tertiary/aromatic N) is 1. The number of fused-ring (bicyclic) bond motifs is 1. The van der Waals surface area contributed by atoms with Crippen molar-refractivity contribution in [3.63, 3.8) is 0 Å². The van der Waals surface area contributed by atoms with Crippen molar-refractivity contribution in [3.8, 4) is 0 Å². The zero-order chi connectivity index (χ0) is 16.3. The molecule has 1 aliphatic rings. The molecule has 0 bridgehead atoms. The molecule has 0 radical (unpaired) electrons. The van der Waals surface area contributed by atoms with Crippen LogP contribution in [0.25, 0.3) is 10.2 Å². The van der Waals surface area contributed by atoms with Crippen LogP contribution in [-0.2, 0) is 14.6 Å². The molecule has 1 aliphatic heterocycles. The van der Waals surface area contributed by atoms with Gasteiger partial charge in [0.15, 0.2) is 15.0 Å². The van der Waals surface area contributed by atoms with Gasteiger partial charge in [-0.05, 0) is 24.5 Å². The summed E-state index contributed by atoms with van der Waals surface area (Å²) in [6, 6.07) is 7.92. The van der Waals surface area contributed by atoms with E-state index in [-0.39, 0.29) is 23.3 Å². The quantitative estimate of drug-likeness (QED) is 0.771. The third-order valence-electron chi connectivity index (χ3n) is 3.82. The summed E-state index contributed by atoms with van der Waals surface area (Å²) in [4.78, 5) is 16.3. The zero-order valence-electron chi connectivity index (χ0n) is 12.6. The number of hydrogen-bond donors (Lipinski definition) is 2. The van der Waals surface area contributed by atoms with E-state index in [0.29, 0.717) is 25.9 Å². The number of sulfone groups is 1. The highest BCUT2D eigenvalue weighted by molar-refractivity contribution is 7.91. The summed E-state index contributed by atoms with van der Waals surface area (Å²) in [5, 5.41) is 6.85. The smallest absolute Gasteiger partial charge is 0.220 e. The third kappa shape index (κ3) is 4.42. The maximum atomic E-state index is 11.8. The van der Waals surface area contributed by atoms with Gasteiger partial charge in [0.25, 0.3) is 0 Å². The fourth-order valence-corrected chi connectivity index (χ4v) is 5.44. The predicted molar refractivity (Wildman–Crippen MR) is 92.5 cm³/mol. The molecular weight excluding hydrogens is 334 g/mol. The van der Waals surface area contributed by atoms with Gasteiger partial charge < -0.3 is 10.6 Å². The van der Waals surface area contributed by atoms with Crippen LogP contribution in [0.1, 0.15) is 12.8 Å². The standard InChI is InChI=1S/C15H19N3O3S2/c19-14(9-11-5-8-23(20,21)10-11)16-6-7-17-15-18-12-3-1-2-4-13(12)22-15/h1-4,11H,5-10H2,(H,16,19)(H,17,18)/t11-/m1/s1. The molecule has 1 atom stereocenters. The maximum absolute atomic E-state index is 11.8. The number of carbonyl (C=O) groups is 1. The van der Waals surface area contributed by atoms with Gasteiger partial charge in [-0.25, -0.2) is 13.4 Å².